The molecule has 1 aliphatic rings. The number of hydrogen-bond donors (Lipinski definition) is 0. The van der Waals surface area contributed by atoms with E-state index in [9.17, 15) is 0 Å². The third kappa shape index (κ3) is 4.86. The highest BCUT2D eigenvalue weighted by molar-refractivity contribution is 5.85. The second-order valence-electron chi connectivity index (χ2n) is 7.68. The van der Waals surface area contributed by atoms with Crippen molar-refractivity contribution in [3.05, 3.63) is 67.4 Å². The Morgan fingerprint density at radius 2 is 1.61 bits per heavy atom. The normalized spacial score (nSPS) is 14.3. The van der Waals surface area contributed by atoms with Gasteiger partial charge in [-0.25, -0.2) is 9.50 Å². The van der Waals surface area contributed by atoms with Crippen molar-refractivity contribution in [1.82, 2.24) is 24.5 Å². The molecule has 1 aromatic carbocycles. The highest BCUT2D eigenvalue weighted by atomic mass is 35.5. The summed E-state index contributed by atoms with van der Waals surface area (Å²) in [5.74, 6) is 0.906. The van der Waals surface area contributed by atoms with Crippen LogP contribution in [-0.2, 0) is 0 Å². The standard InChI is InChI=1S/C24H25N5O.ClH/c1-2-12-28(13-3-1)14-15-30-22-6-4-19(5-7-22)21-16-26-24-23(17-27-29(24)18-21)20-8-10-25-11-9-20;/h4-11,16-18H,1-3,12-15H2;1H. The van der Waals surface area contributed by atoms with E-state index in [2.05, 4.69) is 32.1 Å². The zero-order valence-corrected chi connectivity index (χ0v) is 18.2. The molecule has 1 fully saturated rings. The van der Waals surface area contributed by atoms with E-state index in [4.69, 9.17) is 4.74 Å². The number of halogens is 1. The SMILES string of the molecule is Cl.c1cc(-c2cnn3cc(-c4ccc(OCCN5CCCCC5)cc4)cnc23)ccn1. The summed E-state index contributed by atoms with van der Waals surface area (Å²) in [6, 6.07) is 12.1. The predicted molar refractivity (Wildman–Crippen MR) is 125 cm³/mol. The zero-order chi connectivity index (χ0) is 20.2. The lowest BCUT2D eigenvalue weighted by Gasteiger charge is -2.26. The molecule has 0 spiro atoms. The number of pyridine rings is 1. The smallest absolute Gasteiger partial charge is 0.162 e. The molecule has 0 unspecified atom stereocenters. The monoisotopic (exact) mass is 435 g/mol. The average Bonchev–Trinajstić information content (AvgIpc) is 3.24. The number of fused-ring (bicyclic) bond motifs is 1. The lowest BCUT2D eigenvalue weighted by Crippen LogP contribution is -2.33. The number of ether oxygens (including phenoxy) is 1. The molecule has 4 aromatic rings. The molecule has 0 radical (unpaired) electrons. The predicted octanol–water partition coefficient (Wildman–Crippen LogP) is 4.74. The Kier molecular flexibility index (Phi) is 6.79. The van der Waals surface area contributed by atoms with Crippen molar-refractivity contribution in [2.75, 3.05) is 26.2 Å². The maximum absolute atomic E-state index is 5.94. The number of benzene rings is 1. The van der Waals surface area contributed by atoms with Gasteiger partial charge in [-0.05, 0) is 61.3 Å². The van der Waals surface area contributed by atoms with Crippen molar-refractivity contribution in [1.29, 1.82) is 0 Å². The molecule has 0 aliphatic carbocycles. The van der Waals surface area contributed by atoms with E-state index < -0.39 is 0 Å². The fourth-order valence-electron chi connectivity index (χ4n) is 3.98. The van der Waals surface area contributed by atoms with Gasteiger partial charge in [-0.3, -0.25) is 9.88 Å². The molecule has 1 aliphatic heterocycles. The highest BCUT2D eigenvalue weighted by Gasteiger charge is 2.11. The Labute approximate surface area is 188 Å². The Balaban J connectivity index is 0.00000231. The number of aromatic nitrogens is 4. The highest BCUT2D eigenvalue weighted by Crippen LogP contribution is 2.26. The third-order valence-corrected chi connectivity index (χ3v) is 5.66. The average molecular weight is 436 g/mol. The molecule has 0 atom stereocenters. The number of rotatable bonds is 6. The molecule has 3 aromatic heterocycles. The second-order valence-corrected chi connectivity index (χ2v) is 7.68. The van der Waals surface area contributed by atoms with Crippen molar-refractivity contribution in [2.45, 2.75) is 19.3 Å². The van der Waals surface area contributed by atoms with E-state index in [0.717, 1.165) is 46.8 Å². The van der Waals surface area contributed by atoms with Crippen molar-refractivity contribution >= 4 is 18.1 Å². The molecule has 6 nitrogen and oxygen atoms in total. The van der Waals surface area contributed by atoms with Crippen LogP contribution in [-0.4, -0.2) is 50.7 Å². The van der Waals surface area contributed by atoms with Crippen molar-refractivity contribution < 1.29 is 4.74 Å². The van der Waals surface area contributed by atoms with Gasteiger partial charge in [0.2, 0.25) is 0 Å². The first kappa shape index (κ1) is 21.3. The summed E-state index contributed by atoms with van der Waals surface area (Å²) in [6.45, 7) is 4.14. The van der Waals surface area contributed by atoms with Crippen LogP contribution < -0.4 is 4.74 Å². The zero-order valence-electron chi connectivity index (χ0n) is 17.4. The van der Waals surface area contributed by atoms with Crippen LogP contribution in [0.2, 0.25) is 0 Å². The summed E-state index contributed by atoms with van der Waals surface area (Å²) in [4.78, 5) is 11.2. The molecule has 7 heteroatoms. The topological polar surface area (TPSA) is 55.6 Å². The lowest BCUT2D eigenvalue weighted by atomic mass is 10.1. The lowest BCUT2D eigenvalue weighted by molar-refractivity contribution is 0.183. The molecule has 0 amide bonds. The van der Waals surface area contributed by atoms with Crippen molar-refractivity contribution in [3.8, 4) is 28.0 Å². The third-order valence-electron chi connectivity index (χ3n) is 5.66. The van der Waals surface area contributed by atoms with E-state index in [1.54, 1.807) is 12.4 Å². The largest absolute Gasteiger partial charge is 0.492 e. The summed E-state index contributed by atoms with van der Waals surface area (Å²) < 4.78 is 7.77. The Morgan fingerprint density at radius 1 is 0.839 bits per heavy atom. The minimum absolute atomic E-state index is 0. The van der Waals surface area contributed by atoms with E-state index in [-0.39, 0.29) is 12.4 Å². The first-order valence-corrected chi connectivity index (χ1v) is 10.6. The maximum Gasteiger partial charge on any atom is 0.162 e. The van der Waals surface area contributed by atoms with Crippen LogP contribution in [0.3, 0.4) is 0 Å². The number of nitrogens with zero attached hydrogens (tertiary/aromatic N) is 5. The molecule has 0 N–H and O–H groups in total. The van der Waals surface area contributed by atoms with Crippen LogP contribution in [0, 0.1) is 0 Å². The summed E-state index contributed by atoms with van der Waals surface area (Å²) in [5.41, 5.74) is 5.01. The van der Waals surface area contributed by atoms with Gasteiger partial charge in [0.25, 0.3) is 0 Å². The molecular formula is C24H26ClN5O. The van der Waals surface area contributed by atoms with Crippen LogP contribution in [0.25, 0.3) is 27.9 Å². The summed E-state index contributed by atoms with van der Waals surface area (Å²) in [7, 11) is 0. The molecule has 31 heavy (non-hydrogen) atoms. The van der Waals surface area contributed by atoms with Gasteiger partial charge in [0, 0.05) is 42.5 Å². The molecule has 4 heterocycles. The van der Waals surface area contributed by atoms with E-state index in [1.165, 1.54) is 32.4 Å². The maximum atomic E-state index is 5.94. The second kappa shape index (κ2) is 9.90. The van der Waals surface area contributed by atoms with E-state index in [0.29, 0.717) is 0 Å². The van der Waals surface area contributed by atoms with Gasteiger partial charge in [0.05, 0.1) is 6.20 Å². The van der Waals surface area contributed by atoms with Gasteiger partial charge in [0.15, 0.2) is 5.65 Å². The van der Waals surface area contributed by atoms with Gasteiger partial charge < -0.3 is 4.74 Å². The van der Waals surface area contributed by atoms with Crippen LogP contribution in [0.5, 0.6) is 5.75 Å². The minimum atomic E-state index is 0. The summed E-state index contributed by atoms with van der Waals surface area (Å²) in [6.07, 6.45) is 13.3. The molecule has 1 saturated heterocycles. The van der Waals surface area contributed by atoms with Gasteiger partial charge in [0.1, 0.15) is 12.4 Å². The van der Waals surface area contributed by atoms with Gasteiger partial charge >= 0.3 is 0 Å². The fraction of sp³-hybridized carbons (Fsp3) is 0.292. The first-order valence-electron chi connectivity index (χ1n) is 10.6. The van der Waals surface area contributed by atoms with Crippen molar-refractivity contribution in [2.24, 2.45) is 0 Å². The van der Waals surface area contributed by atoms with Gasteiger partial charge in [-0.15, -0.1) is 12.4 Å². The van der Waals surface area contributed by atoms with Crippen LogP contribution in [0.1, 0.15) is 19.3 Å². The van der Waals surface area contributed by atoms with Crippen LogP contribution >= 0.6 is 12.4 Å². The number of likely N-dealkylation sites (tertiary alicyclic amines) is 1. The molecular weight excluding hydrogens is 410 g/mol. The quantitative estimate of drug-likeness (QED) is 0.437. The molecule has 0 bridgehead atoms. The number of hydrogen-bond acceptors (Lipinski definition) is 5. The summed E-state index contributed by atoms with van der Waals surface area (Å²) in [5, 5.41) is 4.49. The van der Waals surface area contributed by atoms with E-state index in [1.807, 2.05) is 47.4 Å². The number of piperidine rings is 1. The van der Waals surface area contributed by atoms with Crippen LogP contribution in [0.4, 0.5) is 0 Å². The summed E-state index contributed by atoms with van der Waals surface area (Å²) >= 11 is 0. The van der Waals surface area contributed by atoms with Gasteiger partial charge in [-0.1, -0.05) is 18.6 Å². The molecule has 160 valence electrons. The van der Waals surface area contributed by atoms with Crippen LogP contribution in [0.15, 0.2) is 67.4 Å². The fourth-order valence-corrected chi connectivity index (χ4v) is 3.98. The Hall–Kier alpha value is -2.96. The Morgan fingerprint density at radius 3 is 2.39 bits per heavy atom. The minimum Gasteiger partial charge on any atom is -0.492 e. The van der Waals surface area contributed by atoms with Crippen molar-refractivity contribution in [3.63, 3.8) is 0 Å². The first-order chi connectivity index (χ1) is 14.9. The van der Waals surface area contributed by atoms with Gasteiger partial charge in [-0.2, -0.15) is 5.10 Å². The van der Waals surface area contributed by atoms with E-state index >= 15 is 0 Å². The Bertz CT molecular complexity index is 1110. The molecule has 5 rings (SSSR count). The molecule has 0 saturated carbocycles.